The lowest BCUT2D eigenvalue weighted by atomic mass is 10.2. The fourth-order valence-electron chi connectivity index (χ4n) is 1.87. The van der Waals surface area contributed by atoms with Crippen molar-refractivity contribution in [1.29, 1.82) is 0 Å². The quantitative estimate of drug-likeness (QED) is 0.744. The fourth-order valence-corrected chi connectivity index (χ4v) is 2.12. The average Bonchev–Trinajstić information content (AvgIpc) is 2.81. The van der Waals surface area contributed by atoms with Crippen LogP contribution in [0.25, 0.3) is 11.1 Å². The molecule has 0 saturated carbocycles. The number of hydrogen-bond acceptors (Lipinski definition) is 3. The fraction of sp³-hybridized carbons (Fsp3) is 0. The summed E-state index contributed by atoms with van der Waals surface area (Å²) in [6.45, 7) is 0. The summed E-state index contributed by atoms with van der Waals surface area (Å²) in [6, 6.07) is 8.81. The van der Waals surface area contributed by atoms with Gasteiger partial charge in [-0.2, -0.15) is 0 Å². The van der Waals surface area contributed by atoms with E-state index in [-0.39, 0.29) is 10.0 Å². The molecule has 0 fully saturated rings. The van der Waals surface area contributed by atoms with E-state index in [4.69, 9.17) is 4.42 Å². The molecule has 2 N–H and O–H groups in total. The van der Waals surface area contributed by atoms with Gasteiger partial charge >= 0.3 is 5.76 Å². The van der Waals surface area contributed by atoms with Gasteiger partial charge in [-0.05, 0) is 52.3 Å². The van der Waals surface area contributed by atoms with Crippen molar-refractivity contribution < 1.29 is 13.6 Å². The van der Waals surface area contributed by atoms with Crippen LogP contribution in [0.5, 0.6) is 0 Å². The van der Waals surface area contributed by atoms with Crippen LogP contribution >= 0.6 is 15.9 Å². The van der Waals surface area contributed by atoms with Crippen molar-refractivity contribution in [3.05, 3.63) is 62.8 Å². The molecule has 2 aromatic carbocycles. The number of carbonyl (C=O) groups excluding carboxylic acids is 1. The maximum absolute atomic E-state index is 13.4. The number of benzene rings is 2. The normalized spacial score (nSPS) is 10.8. The molecular weight excluding hydrogens is 343 g/mol. The van der Waals surface area contributed by atoms with E-state index in [1.807, 2.05) is 0 Å². The zero-order chi connectivity index (χ0) is 15.0. The number of oxazole rings is 1. The molecule has 0 atom stereocenters. The van der Waals surface area contributed by atoms with Crippen LogP contribution < -0.4 is 11.1 Å². The number of carbonyl (C=O) groups is 1. The third-order valence-electron chi connectivity index (χ3n) is 2.86. The van der Waals surface area contributed by atoms with E-state index in [2.05, 4.69) is 26.2 Å². The first kappa shape index (κ1) is 13.6. The van der Waals surface area contributed by atoms with Crippen LogP contribution in [0.4, 0.5) is 10.1 Å². The van der Waals surface area contributed by atoms with Gasteiger partial charge in [0.2, 0.25) is 0 Å². The van der Waals surface area contributed by atoms with Gasteiger partial charge in [0, 0.05) is 11.3 Å². The van der Waals surface area contributed by atoms with Crippen LogP contribution in [0.15, 0.2) is 50.1 Å². The number of H-pyrrole nitrogens is 1. The standard InChI is InChI=1S/C14H8BrFN2O3/c15-9-3-1-7(5-10(9)16)13(19)17-8-2-4-12-11(6-8)18-14(20)21-12/h1-6H,(H,17,19)(H,18,20). The molecule has 1 heterocycles. The molecule has 1 amide bonds. The second-order valence-corrected chi connectivity index (χ2v) is 5.16. The van der Waals surface area contributed by atoms with Gasteiger partial charge < -0.3 is 9.73 Å². The topological polar surface area (TPSA) is 75.1 Å². The van der Waals surface area contributed by atoms with Crippen LogP contribution in [0.3, 0.4) is 0 Å². The van der Waals surface area contributed by atoms with Crippen molar-refractivity contribution in [2.24, 2.45) is 0 Å². The zero-order valence-electron chi connectivity index (χ0n) is 10.4. The smallest absolute Gasteiger partial charge is 0.408 e. The minimum absolute atomic E-state index is 0.191. The maximum Gasteiger partial charge on any atom is 0.417 e. The molecule has 0 aliphatic heterocycles. The van der Waals surface area contributed by atoms with Crippen LogP contribution in [-0.4, -0.2) is 10.9 Å². The molecule has 7 heteroatoms. The van der Waals surface area contributed by atoms with Crippen LogP contribution in [0.2, 0.25) is 0 Å². The molecule has 0 aliphatic rings. The van der Waals surface area contributed by atoms with Crippen molar-refractivity contribution in [3.8, 4) is 0 Å². The van der Waals surface area contributed by atoms with Crippen molar-refractivity contribution in [3.63, 3.8) is 0 Å². The van der Waals surface area contributed by atoms with Gasteiger partial charge in [-0.3, -0.25) is 9.78 Å². The van der Waals surface area contributed by atoms with Gasteiger partial charge in [0.1, 0.15) is 5.82 Å². The van der Waals surface area contributed by atoms with E-state index in [0.717, 1.165) is 6.07 Å². The molecule has 0 unspecified atom stereocenters. The number of aromatic amines is 1. The second kappa shape index (κ2) is 5.17. The second-order valence-electron chi connectivity index (χ2n) is 4.31. The minimum Gasteiger partial charge on any atom is -0.408 e. The first-order valence-electron chi connectivity index (χ1n) is 5.92. The van der Waals surface area contributed by atoms with Gasteiger partial charge in [0.05, 0.1) is 9.99 Å². The summed E-state index contributed by atoms with van der Waals surface area (Å²) < 4.78 is 18.6. The third kappa shape index (κ3) is 2.73. The Kier molecular flexibility index (Phi) is 3.34. The number of amides is 1. The van der Waals surface area contributed by atoms with Crippen molar-refractivity contribution in [1.82, 2.24) is 4.98 Å². The number of rotatable bonds is 2. The van der Waals surface area contributed by atoms with Gasteiger partial charge in [-0.1, -0.05) is 0 Å². The number of fused-ring (bicyclic) bond motifs is 1. The average molecular weight is 351 g/mol. The number of anilines is 1. The Morgan fingerprint density at radius 1 is 1.24 bits per heavy atom. The molecular formula is C14H8BrFN2O3. The lowest BCUT2D eigenvalue weighted by Crippen LogP contribution is -2.12. The Balaban J connectivity index is 1.88. The Bertz CT molecular complexity index is 901. The molecule has 0 spiro atoms. The third-order valence-corrected chi connectivity index (χ3v) is 3.50. The highest BCUT2D eigenvalue weighted by Gasteiger charge is 2.10. The summed E-state index contributed by atoms with van der Waals surface area (Å²) in [7, 11) is 0. The zero-order valence-corrected chi connectivity index (χ0v) is 12.0. The number of aromatic nitrogens is 1. The molecule has 3 rings (SSSR count). The molecule has 3 aromatic rings. The lowest BCUT2D eigenvalue weighted by molar-refractivity contribution is 0.102. The Hall–Kier alpha value is -2.41. The van der Waals surface area contributed by atoms with Crippen LogP contribution in [0, 0.1) is 5.82 Å². The van der Waals surface area contributed by atoms with E-state index < -0.39 is 17.5 Å². The van der Waals surface area contributed by atoms with Crippen molar-refractivity contribution in [2.75, 3.05) is 5.32 Å². The molecule has 0 radical (unpaired) electrons. The number of nitrogens with one attached hydrogen (secondary N) is 2. The van der Waals surface area contributed by atoms with Crippen LogP contribution in [0.1, 0.15) is 10.4 Å². The predicted molar refractivity (Wildman–Crippen MR) is 78.9 cm³/mol. The largest absolute Gasteiger partial charge is 0.417 e. The van der Waals surface area contributed by atoms with E-state index in [9.17, 15) is 14.0 Å². The molecule has 0 aliphatic carbocycles. The molecule has 1 aromatic heterocycles. The summed E-state index contributed by atoms with van der Waals surface area (Å²) in [5.74, 6) is -1.53. The summed E-state index contributed by atoms with van der Waals surface area (Å²) in [4.78, 5) is 25.6. The van der Waals surface area contributed by atoms with Gasteiger partial charge in [0.25, 0.3) is 5.91 Å². The summed E-state index contributed by atoms with van der Waals surface area (Å²) in [5, 5.41) is 2.62. The van der Waals surface area contributed by atoms with E-state index in [0.29, 0.717) is 16.8 Å². The van der Waals surface area contributed by atoms with Gasteiger partial charge in [-0.15, -0.1) is 0 Å². The monoisotopic (exact) mass is 350 g/mol. The SMILES string of the molecule is O=C(Nc1ccc2oc(=O)[nH]c2c1)c1ccc(Br)c(F)c1. The van der Waals surface area contributed by atoms with Crippen molar-refractivity contribution in [2.45, 2.75) is 0 Å². The molecule has 106 valence electrons. The first-order chi connectivity index (χ1) is 10.0. The summed E-state index contributed by atoms with van der Waals surface area (Å²) >= 11 is 3.02. The maximum atomic E-state index is 13.4. The van der Waals surface area contributed by atoms with E-state index in [1.165, 1.54) is 12.1 Å². The molecule has 21 heavy (non-hydrogen) atoms. The van der Waals surface area contributed by atoms with Gasteiger partial charge in [-0.25, -0.2) is 9.18 Å². The first-order valence-corrected chi connectivity index (χ1v) is 6.71. The Morgan fingerprint density at radius 3 is 2.81 bits per heavy atom. The molecule has 0 bridgehead atoms. The van der Waals surface area contributed by atoms with Gasteiger partial charge in [0.15, 0.2) is 5.58 Å². The van der Waals surface area contributed by atoms with Crippen LogP contribution in [-0.2, 0) is 0 Å². The predicted octanol–water partition coefficient (Wildman–Crippen LogP) is 3.28. The number of hydrogen-bond donors (Lipinski definition) is 2. The highest BCUT2D eigenvalue weighted by Crippen LogP contribution is 2.19. The lowest BCUT2D eigenvalue weighted by Gasteiger charge is -2.05. The summed E-state index contributed by atoms with van der Waals surface area (Å²) in [6.07, 6.45) is 0. The Morgan fingerprint density at radius 2 is 2.05 bits per heavy atom. The highest BCUT2D eigenvalue weighted by atomic mass is 79.9. The molecule has 0 saturated heterocycles. The van der Waals surface area contributed by atoms with E-state index >= 15 is 0 Å². The highest BCUT2D eigenvalue weighted by molar-refractivity contribution is 9.10. The molecule has 5 nitrogen and oxygen atoms in total. The Labute approximate surface area is 125 Å². The summed E-state index contributed by atoms with van der Waals surface area (Å²) in [5.41, 5.74) is 1.52. The van der Waals surface area contributed by atoms with E-state index in [1.54, 1.807) is 18.2 Å². The van der Waals surface area contributed by atoms with Crippen molar-refractivity contribution >= 4 is 38.6 Å². The number of halogens is 2. The minimum atomic E-state index is -0.566.